The first-order chi connectivity index (χ1) is 5.90. The van der Waals surface area contributed by atoms with Crippen LogP contribution in [0.3, 0.4) is 0 Å². The molecule has 0 saturated heterocycles. The van der Waals surface area contributed by atoms with Crippen molar-refractivity contribution in [3.05, 3.63) is 0 Å². The van der Waals surface area contributed by atoms with Gasteiger partial charge in [0.05, 0.1) is 12.5 Å². The standard InChI is InChI=1S/C10H21N3/c1-9(6-7-11)12-8-10(2,3)13(4)5/h9,12H,6,8H2,1-5H3. The first-order valence-electron chi connectivity index (χ1n) is 4.68. The predicted octanol–water partition coefficient (Wildman–Crippen LogP) is 1.22. The molecule has 0 radical (unpaired) electrons. The van der Waals surface area contributed by atoms with E-state index < -0.39 is 0 Å². The topological polar surface area (TPSA) is 39.1 Å². The van der Waals surface area contributed by atoms with Crippen LogP contribution in [0.5, 0.6) is 0 Å². The van der Waals surface area contributed by atoms with Crippen LogP contribution in [-0.4, -0.2) is 37.1 Å². The Hall–Kier alpha value is -0.590. The summed E-state index contributed by atoms with van der Waals surface area (Å²) in [6.45, 7) is 7.30. The van der Waals surface area contributed by atoms with E-state index in [4.69, 9.17) is 5.26 Å². The molecule has 3 nitrogen and oxygen atoms in total. The van der Waals surface area contributed by atoms with Crippen LogP contribution in [0.15, 0.2) is 0 Å². The van der Waals surface area contributed by atoms with E-state index >= 15 is 0 Å². The summed E-state index contributed by atoms with van der Waals surface area (Å²) in [6, 6.07) is 2.44. The van der Waals surface area contributed by atoms with Crippen LogP contribution < -0.4 is 5.32 Å². The Labute approximate surface area is 81.7 Å². The van der Waals surface area contributed by atoms with Gasteiger partial charge in [0.1, 0.15) is 0 Å². The van der Waals surface area contributed by atoms with Crippen LogP contribution in [-0.2, 0) is 0 Å². The van der Waals surface area contributed by atoms with E-state index in [1.165, 1.54) is 0 Å². The summed E-state index contributed by atoms with van der Waals surface area (Å²) in [7, 11) is 4.13. The van der Waals surface area contributed by atoms with Gasteiger partial charge in [-0.1, -0.05) is 0 Å². The van der Waals surface area contributed by atoms with Gasteiger partial charge >= 0.3 is 0 Å². The second-order valence-corrected chi connectivity index (χ2v) is 4.35. The molecule has 0 aliphatic rings. The molecule has 0 aromatic rings. The largest absolute Gasteiger partial charge is 0.311 e. The minimum absolute atomic E-state index is 0.143. The highest BCUT2D eigenvalue weighted by Crippen LogP contribution is 2.08. The number of nitrogens with one attached hydrogen (secondary N) is 1. The van der Waals surface area contributed by atoms with E-state index in [1.54, 1.807) is 0 Å². The third kappa shape index (κ3) is 4.87. The third-order valence-electron chi connectivity index (χ3n) is 2.49. The Morgan fingerprint density at radius 1 is 1.46 bits per heavy atom. The molecule has 0 rings (SSSR count). The number of hydrogen-bond acceptors (Lipinski definition) is 3. The van der Waals surface area contributed by atoms with Crippen LogP contribution in [0.2, 0.25) is 0 Å². The Balaban J connectivity index is 3.82. The predicted molar refractivity (Wildman–Crippen MR) is 55.5 cm³/mol. The molecule has 0 spiro atoms. The van der Waals surface area contributed by atoms with Crippen molar-refractivity contribution in [2.45, 2.75) is 38.8 Å². The fourth-order valence-corrected chi connectivity index (χ4v) is 0.791. The van der Waals surface area contributed by atoms with Gasteiger partial charge in [-0.3, -0.25) is 0 Å². The number of likely N-dealkylation sites (N-methyl/N-ethyl adjacent to an activating group) is 1. The van der Waals surface area contributed by atoms with Crippen molar-refractivity contribution >= 4 is 0 Å². The molecule has 0 aliphatic heterocycles. The maximum atomic E-state index is 8.47. The SMILES string of the molecule is CC(CC#N)NCC(C)(C)N(C)C. The van der Waals surface area contributed by atoms with E-state index in [0.29, 0.717) is 6.42 Å². The first kappa shape index (κ1) is 12.4. The smallest absolute Gasteiger partial charge is 0.0638 e. The van der Waals surface area contributed by atoms with Gasteiger partial charge in [0.25, 0.3) is 0 Å². The second kappa shape index (κ2) is 5.21. The fraction of sp³-hybridized carbons (Fsp3) is 0.900. The molecule has 0 saturated carbocycles. The highest BCUT2D eigenvalue weighted by molar-refractivity contribution is 4.84. The summed E-state index contributed by atoms with van der Waals surface area (Å²) in [5.41, 5.74) is 0.143. The maximum Gasteiger partial charge on any atom is 0.0638 e. The highest BCUT2D eigenvalue weighted by atomic mass is 15.2. The molecule has 1 atom stereocenters. The average Bonchev–Trinajstić information content (AvgIpc) is 2.01. The lowest BCUT2D eigenvalue weighted by Crippen LogP contribution is -2.48. The molecular weight excluding hydrogens is 162 g/mol. The Bertz CT molecular complexity index is 179. The lowest BCUT2D eigenvalue weighted by atomic mass is 10.0. The summed E-state index contributed by atoms with van der Waals surface area (Å²) in [6.07, 6.45) is 0.573. The fourth-order valence-electron chi connectivity index (χ4n) is 0.791. The molecular formula is C10H21N3. The van der Waals surface area contributed by atoms with Gasteiger partial charge in [-0.2, -0.15) is 5.26 Å². The van der Waals surface area contributed by atoms with Gasteiger partial charge in [0.15, 0.2) is 0 Å². The summed E-state index contributed by atoms with van der Waals surface area (Å²) in [5, 5.41) is 11.8. The Morgan fingerprint density at radius 2 is 2.00 bits per heavy atom. The van der Waals surface area contributed by atoms with Crippen molar-refractivity contribution in [1.29, 1.82) is 5.26 Å². The molecule has 13 heavy (non-hydrogen) atoms. The Kier molecular flexibility index (Phi) is 4.97. The number of nitrogens with zero attached hydrogens (tertiary/aromatic N) is 2. The third-order valence-corrected chi connectivity index (χ3v) is 2.49. The molecule has 0 aliphatic carbocycles. The van der Waals surface area contributed by atoms with Crippen LogP contribution in [0.1, 0.15) is 27.2 Å². The van der Waals surface area contributed by atoms with Crippen LogP contribution in [0, 0.1) is 11.3 Å². The first-order valence-corrected chi connectivity index (χ1v) is 4.68. The molecule has 0 aromatic carbocycles. The summed E-state index contributed by atoms with van der Waals surface area (Å²) >= 11 is 0. The minimum atomic E-state index is 0.143. The van der Waals surface area contributed by atoms with Crippen molar-refractivity contribution in [3.63, 3.8) is 0 Å². The van der Waals surface area contributed by atoms with Gasteiger partial charge in [-0.05, 0) is 34.9 Å². The van der Waals surface area contributed by atoms with Crippen LogP contribution >= 0.6 is 0 Å². The van der Waals surface area contributed by atoms with Crippen LogP contribution in [0.4, 0.5) is 0 Å². The summed E-state index contributed by atoms with van der Waals surface area (Å²) in [5.74, 6) is 0. The zero-order valence-electron chi connectivity index (χ0n) is 9.39. The quantitative estimate of drug-likeness (QED) is 0.696. The minimum Gasteiger partial charge on any atom is -0.311 e. The van der Waals surface area contributed by atoms with Gasteiger partial charge in [-0.15, -0.1) is 0 Å². The van der Waals surface area contributed by atoms with E-state index in [2.05, 4.69) is 44.2 Å². The maximum absolute atomic E-state index is 8.47. The number of rotatable bonds is 5. The number of nitriles is 1. The zero-order valence-corrected chi connectivity index (χ0v) is 9.39. The second-order valence-electron chi connectivity index (χ2n) is 4.35. The molecule has 0 heterocycles. The van der Waals surface area contributed by atoms with Crippen LogP contribution in [0.25, 0.3) is 0 Å². The lowest BCUT2D eigenvalue weighted by Gasteiger charge is -2.33. The molecule has 0 amide bonds. The average molecular weight is 183 g/mol. The molecule has 1 N–H and O–H groups in total. The van der Waals surface area contributed by atoms with Crippen molar-refractivity contribution in [2.24, 2.45) is 0 Å². The highest BCUT2D eigenvalue weighted by Gasteiger charge is 2.20. The van der Waals surface area contributed by atoms with E-state index in [0.717, 1.165) is 6.54 Å². The van der Waals surface area contributed by atoms with E-state index in [9.17, 15) is 0 Å². The lowest BCUT2D eigenvalue weighted by molar-refractivity contribution is 0.185. The van der Waals surface area contributed by atoms with E-state index in [-0.39, 0.29) is 11.6 Å². The zero-order chi connectivity index (χ0) is 10.5. The van der Waals surface area contributed by atoms with Gasteiger partial charge in [0, 0.05) is 18.1 Å². The van der Waals surface area contributed by atoms with Crippen molar-refractivity contribution in [1.82, 2.24) is 10.2 Å². The molecule has 76 valence electrons. The molecule has 3 heteroatoms. The summed E-state index contributed by atoms with van der Waals surface area (Å²) < 4.78 is 0. The van der Waals surface area contributed by atoms with Gasteiger partial charge < -0.3 is 10.2 Å². The van der Waals surface area contributed by atoms with Crippen molar-refractivity contribution in [2.75, 3.05) is 20.6 Å². The molecule has 0 aromatic heterocycles. The molecule has 0 fully saturated rings. The van der Waals surface area contributed by atoms with E-state index in [1.807, 2.05) is 6.92 Å². The molecule has 0 bridgehead atoms. The molecule has 1 unspecified atom stereocenters. The van der Waals surface area contributed by atoms with Crippen molar-refractivity contribution < 1.29 is 0 Å². The van der Waals surface area contributed by atoms with Gasteiger partial charge in [-0.25, -0.2) is 0 Å². The normalized spacial score (nSPS) is 14.2. The Morgan fingerprint density at radius 3 is 2.38 bits per heavy atom. The monoisotopic (exact) mass is 183 g/mol. The summed E-state index contributed by atoms with van der Waals surface area (Å²) in [4.78, 5) is 2.18. The number of hydrogen-bond donors (Lipinski definition) is 1. The van der Waals surface area contributed by atoms with Gasteiger partial charge in [0.2, 0.25) is 0 Å². The van der Waals surface area contributed by atoms with Crippen molar-refractivity contribution in [3.8, 4) is 6.07 Å².